The molecule has 0 heterocycles. The van der Waals surface area contributed by atoms with Crippen molar-refractivity contribution in [3.8, 4) is 0 Å². The first-order valence-electron chi connectivity index (χ1n) is 8.13. The van der Waals surface area contributed by atoms with Crippen molar-refractivity contribution in [2.45, 2.75) is 53.0 Å². The summed E-state index contributed by atoms with van der Waals surface area (Å²) in [5.74, 6) is 0.945. The molecule has 1 saturated carbocycles. The van der Waals surface area contributed by atoms with E-state index in [4.69, 9.17) is 0 Å². The summed E-state index contributed by atoms with van der Waals surface area (Å²) in [4.78, 5) is 0. The summed E-state index contributed by atoms with van der Waals surface area (Å²) in [6.45, 7) is 9.11. The Morgan fingerprint density at radius 1 is 1.14 bits per heavy atom. The molecule has 3 heteroatoms. The van der Waals surface area contributed by atoms with Crippen LogP contribution in [0.3, 0.4) is 0 Å². The number of hydrogen-bond acceptors (Lipinski definition) is 1. The number of aryl methyl sites for hydroxylation is 1. The van der Waals surface area contributed by atoms with E-state index in [1.54, 1.807) is 13.0 Å². The van der Waals surface area contributed by atoms with Crippen molar-refractivity contribution in [2.75, 3.05) is 6.54 Å². The molecule has 0 bridgehead atoms. The van der Waals surface area contributed by atoms with E-state index in [1.165, 1.54) is 6.42 Å². The van der Waals surface area contributed by atoms with E-state index < -0.39 is 11.6 Å². The Kier molecular flexibility index (Phi) is 5.37. The first kappa shape index (κ1) is 16.4. The Bertz CT molecular complexity index is 486. The van der Waals surface area contributed by atoms with E-state index in [0.29, 0.717) is 23.0 Å². The summed E-state index contributed by atoms with van der Waals surface area (Å²) >= 11 is 0. The summed E-state index contributed by atoms with van der Waals surface area (Å²) < 4.78 is 27.8. The van der Waals surface area contributed by atoms with Gasteiger partial charge in [0.25, 0.3) is 0 Å². The molecule has 1 fully saturated rings. The molecule has 21 heavy (non-hydrogen) atoms. The highest BCUT2D eigenvalue weighted by Gasteiger charge is 2.32. The molecule has 1 aliphatic carbocycles. The highest BCUT2D eigenvalue weighted by molar-refractivity contribution is 5.29. The zero-order valence-electron chi connectivity index (χ0n) is 13.5. The van der Waals surface area contributed by atoms with Gasteiger partial charge in [0, 0.05) is 17.7 Å². The smallest absolute Gasteiger partial charge is 0.130 e. The minimum absolute atomic E-state index is 0.00995. The maximum Gasteiger partial charge on any atom is 0.130 e. The third kappa shape index (κ3) is 3.63. The van der Waals surface area contributed by atoms with Crippen molar-refractivity contribution < 1.29 is 8.78 Å². The number of halogens is 2. The van der Waals surface area contributed by atoms with Gasteiger partial charge in [0.1, 0.15) is 11.6 Å². The van der Waals surface area contributed by atoms with Crippen molar-refractivity contribution >= 4 is 0 Å². The molecule has 1 aliphatic rings. The fourth-order valence-electron chi connectivity index (χ4n) is 3.56. The van der Waals surface area contributed by atoms with Crippen LogP contribution in [0.4, 0.5) is 8.78 Å². The van der Waals surface area contributed by atoms with Gasteiger partial charge in [0.15, 0.2) is 0 Å². The molecule has 2 rings (SSSR count). The minimum atomic E-state index is -0.461. The standard InChI is InChI=1S/C18H27F2N/c1-5-21-18(14-7-6-11(2)12(3)8-14)15-9-13(4)16(19)10-17(15)20/h9-12,14,18,21H,5-8H2,1-4H3. The van der Waals surface area contributed by atoms with Crippen LogP contribution < -0.4 is 5.32 Å². The molecule has 0 aliphatic heterocycles. The Hall–Kier alpha value is -0.960. The van der Waals surface area contributed by atoms with Gasteiger partial charge in [-0.05, 0) is 55.7 Å². The Balaban J connectivity index is 2.29. The molecule has 0 saturated heterocycles. The lowest BCUT2D eigenvalue weighted by Crippen LogP contribution is -2.34. The summed E-state index contributed by atoms with van der Waals surface area (Å²) in [7, 11) is 0. The van der Waals surface area contributed by atoms with Gasteiger partial charge in [-0.2, -0.15) is 0 Å². The van der Waals surface area contributed by atoms with E-state index in [2.05, 4.69) is 19.2 Å². The molecule has 0 radical (unpaired) electrons. The predicted octanol–water partition coefficient (Wildman–Crippen LogP) is 5.00. The van der Waals surface area contributed by atoms with Gasteiger partial charge in [-0.3, -0.25) is 0 Å². The van der Waals surface area contributed by atoms with E-state index in [1.807, 2.05) is 6.92 Å². The molecule has 4 unspecified atom stereocenters. The molecule has 1 nitrogen and oxygen atoms in total. The van der Waals surface area contributed by atoms with Gasteiger partial charge < -0.3 is 5.32 Å². The zero-order valence-corrected chi connectivity index (χ0v) is 13.5. The summed E-state index contributed by atoms with van der Waals surface area (Å²) in [6.07, 6.45) is 3.41. The lowest BCUT2D eigenvalue weighted by atomic mass is 9.72. The maximum absolute atomic E-state index is 14.3. The van der Waals surface area contributed by atoms with Crippen LogP contribution in [0.1, 0.15) is 57.2 Å². The molecule has 0 amide bonds. The first-order chi connectivity index (χ1) is 9.93. The molecule has 118 valence electrons. The van der Waals surface area contributed by atoms with E-state index in [9.17, 15) is 8.78 Å². The van der Waals surface area contributed by atoms with Gasteiger partial charge in [-0.1, -0.05) is 27.2 Å². The topological polar surface area (TPSA) is 12.0 Å². The van der Waals surface area contributed by atoms with Crippen LogP contribution in [0.5, 0.6) is 0 Å². The molecule has 0 aromatic heterocycles. The van der Waals surface area contributed by atoms with Crippen molar-refractivity contribution in [1.29, 1.82) is 0 Å². The van der Waals surface area contributed by atoms with Crippen LogP contribution in [0.2, 0.25) is 0 Å². The van der Waals surface area contributed by atoms with Crippen LogP contribution in [0, 0.1) is 36.3 Å². The molecule has 0 spiro atoms. The van der Waals surface area contributed by atoms with E-state index in [-0.39, 0.29) is 6.04 Å². The predicted molar refractivity (Wildman–Crippen MR) is 83.2 cm³/mol. The maximum atomic E-state index is 14.3. The van der Waals surface area contributed by atoms with Gasteiger partial charge in [0.05, 0.1) is 0 Å². The van der Waals surface area contributed by atoms with E-state index in [0.717, 1.165) is 31.4 Å². The van der Waals surface area contributed by atoms with Crippen molar-refractivity contribution in [1.82, 2.24) is 5.32 Å². The Labute approximate surface area is 127 Å². The van der Waals surface area contributed by atoms with Crippen LogP contribution in [0.15, 0.2) is 12.1 Å². The average Bonchev–Trinajstić information content (AvgIpc) is 2.44. The molecule has 1 aromatic rings. The first-order valence-corrected chi connectivity index (χ1v) is 8.13. The second-order valence-electron chi connectivity index (χ2n) is 6.69. The molecular formula is C18H27F2N. The lowest BCUT2D eigenvalue weighted by Gasteiger charge is -2.37. The number of rotatable bonds is 4. The second kappa shape index (κ2) is 6.87. The molecule has 4 atom stereocenters. The van der Waals surface area contributed by atoms with Crippen molar-refractivity contribution in [2.24, 2.45) is 17.8 Å². The minimum Gasteiger partial charge on any atom is -0.310 e. The van der Waals surface area contributed by atoms with Crippen molar-refractivity contribution in [3.63, 3.8) is 0 Å². The highest BCUT2D eigenvalue weighted by Crippen LogP contribution is 2.40. The molecular weight excluding hydrogens is 268 g/mol. The van der Waals surface area contributed by atoms with E-state index >= 15 is 0 Å². The van der Waals surface area contributed by atoms with Crippen molar-refractivity contribution in [3.05, 3.63) is 34.9 Å². The summed E-state index contributed by atoms with van der Waals surface area (Å²) in [5, 5.41) is 3.43. The number of nitrogens with one attached hydrogen (secondary N) is 1. The van der Waals surface area contributed by atoms with Crippen LogP contribution in [0.25, 0.3) is 0 Å². The Morgan fingerprint density at radius 3 is 2.48 bits per heavy atom. The van der Waals surface area contributed by atoms with Gasteiger partial charge >= 0.3 is 0 Å². The summed E-state index contributed by atoms with van der Waals surface area (Å²) in [6, 6.07) is 2.70. The van der Waals surface area contributed by atoms with Crippen LogP contribution in [-0.2, 0) is 0 Å². The highest BCUT2D eigenvalue weighted by atomic mass is 19.1. The third-order valence-electron chi connectivity index (χ3n) is 5.15. The number of hydrogen-bond donors (Lipinski definition) is 1. The second-order valence-corrected chi connectivity index (χ2v) is 6.69. The summed E-state index contributed by atoms with van der Waals surface area (Å²) in [5.41, 5.74) is 1.15. The van der Waals surface area contributed by atoms with Gasteiger partial charge in [-0.15, -0.1) is 0 Å². The quantitative estimate of drug-likeness (QED) is 0.824. The van der Waals surface area contributed by atoms with Crippen LogP contribution >= 0.6 is 0 Å². The Morgan fingerprint density at radius 2 is 1.86 bits per heavy atom. The zero-order chi connectivity index (χ0) is 15.6. The SMILES string of the molecule is CCNC(c1cc(C)c(F)cc1F)C1CCC(C)C(C)C1. The molecule has 1 aromatic carbocycles. The molecule has 1 N–H and O–H groups in total. The normalized spacial score (nSPS) is 27.6. The number of benzene rings is 1. The lowest BCUT2D eigenvalue weighted by molar-refractivity contribution is 0.170. The largest absolute Gasteiger partial charge is 0.310 e. The van der Waals surface area contributed by atoms with Crippen LogP contribution in [-0.4, -0.2) is 6.54 Å². The fourth-order valence-corrected chi connectivity index (χ4v) is 3.56. The monoisotopic (exact) mass is 295 g/mol. The average molecular weight is 295 g/mol. The van der Waals surface area contributed by atoms with Gasteiger partial charge in [-0.25, -0.2) is 8.78 Å². The fraction of sp³-hybridized carbons (Fsp3) is 0.667. The third-order valence-corrected chi connectivity index (χ3v) is 5.15. The van der Waals surface area contributed by atoms with Gasteiger partial charge in [0.2, 0.25) is 0 Å².